The summed E-state index contributed by atoms with van der Waals surface area (Å²) in [6.07, 6.45) is 8.74. The molecule has 4 heterocycles. The molecular weight excluding hydrogens is 573 g/mol. The highest BCUT2D eigenvalue weighted by Gasteiger charge is 2.15. The van der Waals surface area contributed by atoms with E-state index in [4.69, 9.17) is 9.97 Å². The predicted molar refractivity (Wildman–Crippen MR) is 193 cm³/mol. The van der Waals surface area contributed by atoms with Crippen molar-refractivity contribution >= 4 is 47.0 Å². The lowest BCUT2D eigenvalue weighted by Gasteiger charge is -2.15. The summed E-state index contributed by atoms with van der Waals surface area (Å²) in [4.78, 5) is 13.0. The zero-order chi connectivity index (χ0) is 30.8. The van der Waals surface area contributed by atoms with Gasteiger partial charge in [0.15, 0.2) is 0 Å². The number of aromatic nitrogens is 2. The molecule has 0 amide bonds. The van der Waals surface area contributed by atoms with Crippen LogP contribution in [0.3, 0.4) is 0 Å². The van der Waals surface area contributed by atoms with Gasteiger partial charge in [-0.1, -0.05) is 59.7 Å². The summed E-state index contributed by atoms with van der Waals surface area (Å²) in [7, 11) is 0. The molecule has 0 fully saturated rings. The van der Waals surface area contributed by atoms with Crippen LogP contribution in [0.4, 0.5) is 0 Å². The second-order valence-corrected chi connectivity index (χ2v) is 13.5. The minimum atomic E-state index is 0.864. The molecule has 0 aliphatic carbocycles. The van der Waals surface area contributed by atoms with Crippen molar-refractivity contribution in [3.63, 3.8) is 0 Å². The van der Waals surface area contributed by atoms with E-state index in [1.165, 1.54) is 54.3 Å². The first-order valence-electron chi connectivity index (χ1n) is 14.9. The zero-order valence-electron chi connectivity index (χ0n) is 26.1. The number of pyridine rings is 2. The van der Waals surface area contributed by atoms with Gasteiger partial charge in [0.25, 0.3) is 0 Å². The first-order chi connectivity index (χ1) is 21.2. The van der Waals surface area contributed by atoms with E-state index < -0.39 is 0 Å². The fourth-order valence-corrected chi connectivity index (χ4v) is 7.35. The molecule has 0 aliphatic rings. The van der Waals surface area contributed by atoms with Crippen LogP contribution < -0.4 is 0 Å². The highest BCUT2D eigenvalue weighted by molar-refractivity contribution is 7.11. The number of hydrogen-bond donors (Lipinski definition) is 0. The fourth-order valence-electron chi connectivity index (χ4n) is 6.11. The predicted octanol–water partition coefficient (Wildman–Crippen LogP) is 11.8. The molecule has 0 radical (unpaired) electrons. The van der Waals surface area contributed by atoms with Crippen molar-refractivity contribution in [2.75, 3.05) is 0 Å². The Morgan fingerprint density at radius 2 is 0.818 bits per heavy atom. The van der Waals surface area contributed by atoms with Gasteiger partial charge >= 0.3 is 0 Å². The van der Waals surface area contributed by atoms with Crippen LogP contribution in [0.1, 0.15) is 54.3 Å². The van der Waals surface area contributed by atoms with Crippen LogP contribution in [0.25, 0.3) is 58.2 Å². The Hall–Kier alpha value is -4.38. The van der Waals surface area contributed by atoms with Crippen LogP contribution in [-0.4, -0.2) is 9.97 Å². The van der Waals surface area contributed by atoms with Gasteiger partial charge in [0, 0.05) is 20.9 Å². The van der Waals surface area contributed by atoms with Crippen molar-refractivity contribution in [3.8, 4) is 33.9 Å². The molecule has 0 aliphatic heterocycles. The quantitative estimate of drug-likeness (QED) is 0.180. The summed E-state index contributed by atoms with van der Waals surface area (Å²) in [5.41, 5.74) is 15.7. The normalized spacial score (nSPS) is 11.7. The molecule has 2 nitrogen and oxygen atoms in total. The van der Waals surface area contributed by atoms with Crippen LogP contribution in [0.5, 0.6) is 0 Å². The van der Waals surface area contributed by atoms with Gasteiger partial charge in [-0.2, -0.15) is 0 Å². The molecule has 0 saturated carbocycles. The number of rotatable bonds is 7. The molecule has 0 N–H and O–H groups in total. The van der Waals surface area contributed by atoms with Crippen molar-refractivity contribution < 1.29 is 0 Å². The van der Waals surface area contributed by atoms with E-state index in [1.54, 1.807) is 22.7 Å². The minimum absolute atomic E-state index is 0.864. The van der Waals surface area contributed by atoms with Crippen molar-refractivity contribution in [3.05, 3.63) is 138 Å². The van der Waals surface area contributed by atoms with Crippen molar-refractivity contribution in [1.29, 1.82) is 0 Å². The van der Waals surface area contributed by atoms with Crippen LogP contribution in [-0.2, 0) is 0 Å². The summed E-state index contributed by atoms with van der Waals surface area (Å²) >= 11 is 3.48. The molecule has 218 valence electrons. The average Bonchev–Trinajstić information content (AvgIpc) is 3.69. The molecule has 0 atom stereocenters. The Morgan fingerprint density at radius 1 is 0.455 bits per heavy atom. The summed E-state index contributed by atoms with van der Waals surface area (Å²) < 4.78 is 0. The lowest BCUT2D eigenvalue weighted by molar-refractivity contribution is 1.21. The second-order valence-electron chi connectivity index (χ2n) is 11.6. The Kier molecular flexibility index (Phi) is 8.56. The van der Waals surface area contributed by atoms with E-state index in [2.05, 4.69) is 149 Å². The van der Waals surface area contributed by atoms with Crippen LogP contribution >= 0.6 is 22.7 Å². The SMILES string of the molecule is Cc1cc(C)c(-c2cc(/C=C/c3cccs3)cc(-c3cc(/C=C/c4cccs4)cc(-c4c(C)cc(C)cc4C)n3)n2)c(C)c1. The molecule has 4 aromatic heterocycles. The highest BCUT2D eigenvalue weighted by atomic mass is 32.1. The first kappa shape index (κ1) is 29.7. The summed E-state index contributed by atoms with van der Waals surface area (Å²) in [5, 5.41) is 4.22. The van der Waals surface area contributed by atoms with Gasteiger partial charge in [0.1, 0.15) is 0 Å². The summed E-state index contributed by atoms with van der Waals surface area (Å²) in [6.45, 7) is 13.0. The van der Waals surface area contributed by atoms with E-state index in [9.17, 15) is 0 Å². The van der Waals surface area contributed by atoms with Gasteiger partial charge in [0.2, 0.25) is 0 Å². The van der Waals surface area contributed by atoms with E-state index in [0.29, 0.717) is 0 Å². The monoisotopic (exact) mass is 608 g/mol. The number of aryl methyl sites for hydroxylation is 6. The van der Waals surface area contributed by atoms with Crippen LogP contribution in [0.2, 0.25) is 0 Å². The van der Waals surface area contributed by atoms with E-state index in [0.717, 1.165) is 33.9 Å². The lowest BCUT2D eigenvalue weighted by atomic mass is 9.95. The third-order valence-corrected chi connectivity index (χ3v) is 9.47. The van der Waals surface area contributed by atoms with E-state index >= 15 is 0 Å². The Labute approximate surface area is 269 Å². The molecule has 0 bridgehead atoms. The molecule has 2 aromatic carbocycles. The largest absolute Gasteiger partial charge is 0.246 e. The van der Waals surface area contributed by atoms with Gasteiger partial charge < -0.3 is 0 Å². The van der Waals surface area contributed by atoms with Crippen LogP contribution in [0, 0.1) is 41.5 Å². The molecular formula is C40H36N2S2. The maximum absolute atomic E-state index is 5.30. The van der Waals surface area contributed by atoms with Crippen LogP contribution in [0.15, 0.2) is 83.6 Å². The number of nitrogens with zero attached hydrogens (tertiary/aromatic N) is 2. The zero-order valence-corrected chi connectivity index (χ0v) is 27.7. The molecule has 0 spiro atoms. The van der Waals surface area contributed by atoms with Gasteiger partial charge in [-0.3, -0.25) is 0 Å². The third-order valence-electron chi connectivity index (χ3n) is 7.79. The summed E-state index contributed by atoms with van der Waals surface area (Å²) in [6, 6.07) is 26.2. The van der Waals surface area contributed by atoms with Crippen molar-refractivity contribution in [1.82, 2.24) is 9.97 Å². The van der Waals surface area contributed by atoms with E-state index in [1.807, 2.05) is 0 Å². The maximum atomic E-state index is 5.30. The van der Waals surface area contributed by atoms with E-state index in [-0.39, 0.29) is 0 Å². The molecule has 6 aromatic rings. The number of hydrogen-bond acceptors (Lipinski definition) is 4. The van der Waals surface area contributed by atoms with Gasteiger partial charge in [-0.05, 0) is 134 Å². The third kappa shape index (κ3) is 6.57. The minimum Gasteiger partial charge on any atom is -0.246 e. The molecule has 0 saturated heterocycles. The Bertz CT molecular complexity index is 1820. The first-order valence-corrected chi connectivity index (χ1v) is 16.6. The standard InChI is InChI=1S/C40H36N2S2/c1-25-17-27(3)39(28(4)18-25)37-23-31(11-13-33-9-7-15-43-33)21-35(41-37)36-22-32(12-14-34-10-8-16-44-34)24-38(42-36)40-29(5)19-26(2)20-30(40)6/h7-24H,1-6H3/b13-11+,14-12+. The van der Waals surface area contributed by atoms with Gasteiger partial charge in [-0.15, -0.1) is 22.7 Å². The van der Waals surface area contributed by atoms with Crippen molar-refractivity contribution in [2.24, 2.45) is 0 Å². The topological polar surface area (TPSA) is 25.8 Å². The molecule has 44 heavy (non-hydrogen) atoms. The Balaban J connectivity index is 1.57. The Morgan fingerprint density at radius 3 is 1.16 bits per heavy atom. The second kappa shape index (κ2) is 12.7. The maximum Gasteiger partial charge on any atom is 0.0900 e. The average molecular weight is 609 g/mol. The smallest absolute Gasteiger partial charge is 0.0900 e. The lowest BCUT2D eigenvalue weighted by Crippen LogP contribution is -1.99. The molecule has 6 rings (SSSR count). The number of benzene rings is 2. The van der Waals surface area contributed by atoms with Gasteiger partial charge in [-0.25, -0.2) is 9.97 Å². The number of thiophene rings is 2. The van der Waals surface area contributed by atoms with Crippen molar-refractivity contribution in [2.45, 2.75) is 41.5 Å². The molecule has 4 heteroatoms. The van der Waals surface area contributed by atoms with Gasteiger partial charge in [0.05, 0.1) is 22.8 Å². The molecule has 0 unspecified atom stereocenters. The fraction of sp³-hybridized carbons (Fsp3) is 0.150. The highest BCUT2D eigenvalue weighted by Crippen LogP contribution is 2.34. The summed E-state index contributed by atoms with van der Waals surface area (Å²) in [5.74, 6) is 0.